The summed E-state index contributed by atoms with van der Waals surface area (Å²) in [6.45, 7) is 6.50. The quantitative estimate of drug-likeness (QED) is 0.682. The van der Waals surface area contributed by atoms with Crippen LogP contribution in [-0.4, -0.2) is 64.9 Å². The van der Waals surface area contributed by atoms with Gasteiger partial charge in [0.25, 0.3) is 0 Å². The number of aliphatic imine (C=N–C) groups is 1. The molecule has 1 spiro atoms. The molecule has 3 aliphatic heterocycles. The maximum atomic E-state index is 9.89. The van der Waals surface area contributed by atoms with Crippen LogP contribution in [0.3, 0.4) is 0 Å². The van der Waals surface area contributed by atoms with E-state index in [1.165, 1.54) is 0 Å². The van der Waals surface area contributed by atoms with E-state index >= 15 is 0 Å². The first-order valence-electron chi connectivity index (χ1n) is 10.4. The standard InChI is InChI=1S/C22H31NO5/c1-13(10-16-4-6-19-22(16)20(28-22)8-9-23-19)11-17(12-14(2)24)27-21-7-5-18(25)15(3)26-21/h4,6,10-11,14-15,17-18,20-21,24-25H,5,7-9,12H2,1-3H3/b13-11-,16-10+/t14-,15+,17-,18+,20-,21-,22+/m0/s1. The van der Waals surface area contributed by atoms with Crippen LogP contribution < -0.4 is 0 Å². The maximum Gasteiger partial charge on any atom is 0.161 e. The molecule has 4 rings (SSSR count). The van der Waals surface area contributed by atoms with Gasteiger partial charge in [-0.15, -0.1) is 0 Å². The molecule has 0 radical (unpaired) electrons. The minimum absolute atomic E-state index is 0.242. The van der Waals surface area contributed by atoms with E-state index in [0.717, 1.165) is 29.8 Å². The van der Waals surface area contributed by atoms with Gasteiger partial charge in [-0.1, -0.05) is 23.8 Å². The normalized spacial score (nSPS) is 40.7. The van der Waals surface area contributed by atoms with Gasteiger partial charge in [0, 0.05) is 19.4 Å². The number of aliphatic hydroxyl groups excluding tert-OH is 2. The lowest BCUT2D eigenvalue weighted by molar-refractivity contribution is -0.230. The van der Waals surface area contributed by atoms with Gasteiger partial charge in [0.2, 0.25) is 0 Å². The van der Waals surface area contributed by atoms with E-state index in [0.29, 0.717) is 19.3 Å². The highest BCUT2D eigenvalue weighted by atomic mass is 16.7. The minimum atomic E-state index is -0.480. The topological polar surface area (TPSA) is 83.8 Å². The molecule has 3 heterocycles. The molecule has 0 aromatic carbocycles. The molecule has 0 bridgehead atoms. The molecular formula is C22H31NO5. The van der Waals surface area contributed by atoms with E-state index in [2.05, 4.69) is 23.2 Å². The SMILES string of the molecule is CC(=C/[C@@H](C[C@H](C)O)O[C@H]1CC[C@@H](O)[C@@H](C)O1)/C=C1\C=CC2=NCC[C@@H]3O[C@@]213. The zero-order valence-electron chi connectivity index (χ0n) is 16.9. The highest BCUT2D eigenvalue weighted by Gasteiger charge is 2.64. The molecule has 2 fully saturated rings. The van der Waals surface area contributed by atoms with Crippen molar-refractivity contribution < 1.29 is 24.4 Å². The number of hydrogen-bond donors (Lipinski definition) is 2. The average Bonchev–Trinajstić information content (AvgIpc) is 3.28. The fourth-order valence-electron chi connectivity index (χ4n) is 4.44. The zero-order valence-corrected chi connectivity index (χ0v) is 16.9. The van der Waals surface area contributed by atoms with E-state index < -0.39 is 12.2 Å². The van der Waals surface area contributed by atoms with Gasteiger partial charge in [-0.3, -0.25) is 4.99 Å². The number of nitrogens with zero attached hydrogens (tertiary/aromatic N) is 1. The summed E-state index contributed by atoms with van der Waals surface area (Å²) in [5.74, 6) is 0. The first kappa shape index (κ1) is 20.0. The average molecular weight is 389 g/mol. The second-order valence-corrected chi connectivity index (χ2v) is 8.42. The minimum Gasteiger partial charge on any atom is -0.393 e. The Hall–Kier alpha value is -1.31. The van der Waals surface area contributed by atoms with Crippen LogP contribution in [-0.2, 0) is 14.2 Å². The van der Waals surface area contributed by atoms with Crippen molar-refractivity contribution in [1.82, 2.24) is 0 Å². The smallest absolute Gasteiger partial charge is 0.161 e. The predicted molar refractivity (Wildman–Crippen MR) is 106 cm³/mol. The van der Waals surface area contributed by atoms with Gasteiger partial charge in [0.05, 0.1) is 30.1 Å². The van der Waals surface area contributed by atoms with Crippen molar-refractivity contribution in [2.45, 2.75) is 88.9 Å². The van der Waals surface area contributed by atoms with Crippen molar-refractivity contribution in [2.75, 3.05) is 6.54 Å². The van der Waals surface area contributed by atoms with Crippen LogP contribution in [0.2, 0.25) is 0 Å². The van der Waals surface area contributed by atoms with Crippen LogP contribution in [0.4, 0.5) is 0 Å². The predicted octanol–water partition coefficient (Wildman–Crippen LogP) is 2.45. The van der Waals surface area contributed by atoms with Crippen molar-refractivity contribution >= 4 is 5.71 Å². The van der Waals surface area contributed by atoms with E-state index in [-0.39, 0.29) is 30.2 Å². The summed E-state index contributed by atoms with van der Waals surface area (Å²) in [7, 11) is 0. The molecule has 28 heavy (non-hydrogen) atoms. The van der Waals surface area contributed by atoms with Gasteiger partial charge in [0.1, 0.15) is 6.10 Å². The van der Waals surface area contributed by atoms with Crippen molar-refractivity contribution in [1.29, 1.82) is 0 Å². The fourth-order valence-corrected chi connectivity index (χ4v) is 4.44. The van der Waals surface area contributed by atoms with Gasteiger partial charge in [0.15, 0.2) is 11.9 Å². The van der Waals surface area contributed by atoms with E-state index in [9.17, 15) is 10.2 Å². The van der Waals surface area contributed by atoms with Crippen LogP contribution in [0, 0.1) is 0 Å². The third-order valence-electron chi connectivity index (χ3n) is 5.97. The Balaban J connectivity index is 1.47. The second-order valence-electron chi connectivity index (χ2n) is 8.42. The molecule has 0 saturated carbocycles. The molecule has 0 unspecified atom stereocenters. The fraction of sp³-hybridized carbons (Fsp3) is 0.682. The molecule has 0 aromatic heterocycles. The molecule has 154 valence electrons. The van der Waals surface area contributed by atoms with Crippen molar-refractivity contribution in [3.8, 4) is 0 Å². The molecule has 7 atom stereocenters. The summed E-state index contributed by atoms with van der Waals surface area (Å²) in [5.41, 5.74) is 2.94. The Bertz CT molecular complexity index is 724. The Morgan fingerprint density at radius 3 is 2.96 bits per heavy atom. The molecule has 1 aliphatic carbocycles. The zero-order chi connectivity index (χ0) is 19.9. The molecule has 6 heteroatoms. The van der Waals surface area contributed by atoms with Crippen LogP contribution in [0.25, 0.3) is 0 Å². The monoisotopic (exact) mass is 389 g/mol. The van der Waals surface area contributed by atoms with E-state index in [4.69, 9.17) is 14.2 Å². The van der Waals surface area contributed by atoms with Gasteiger partial charge in [-0.2, -0.15) is 0 Å². The number of allylic oxidation sites excluding steroid dienone is 2. The molecule has 0 amide bonds. The summed E-state index contributed by atoms with van der Waals surface area (Å²) >= 11 is 0. The van der Waals surface area contributed by atoms with Crippen LogP contribution in [0.1, 0.15) is 46.5 Å². The highest BCUT2D eigenvalue weighted by molar-refractivity contribution is 6.11. The van der Waals surface area contributed by atoms with Gasteiger partial charge >= 0.3 is 0 Å². The lowest BCUT2D eigenvalue weighted by Gasteiger charge is -2.33. The summed E-state index contributed by atoms with van der Waals surface area (Å²) in [4.78, 5) is 4.60. The third-order valence-corrected chi connectivity index (χ3v) is 5.97. The molecule has 2 saturated heterocycles. The Labute approximate surface area is 166 Å². The number of aliphatic hydroxyl groups is 2. The molecule has 0 aromatic rings. The molecule has 2 N–H and O–H groups in total. The first-order valence-corrected chi connectivity index (χ1v) is 10.4. The van der Waals surface area contributed by atoms with Crippen LogP contribution in [0.5, 0.6) is 0 Å². The third kappa shape index (κ3) is 3.89. The van der Waals surface area contributed by atoms with Crippen LogP contribution >= 0.6 is 0 Å². The molecule has 4 aliphatic rings. The van der Waals surface area contributed by atoms with Gasteiger partial charge in [-0.05, 0) is 45.3 Å². The highest BCUT2D eigenvalue weighted by Crippen LogP contribution is 2.52. The van der Waals surface area contributed by atoms with Gasteiger partial charge in [-0.25, -0.2) is 0 Å². The lowest BCUT2D eigenvalue weighted by Crippen LogP contribution is -2.39. The molecular weight excluding hydrogens is 358 g/mol. The van der Waals surface area contributed by atoms with Crippen molar-refractivity contribution in [2.24, 2.45) is 4.99 Å². The summed E-state index contributed by atoms with van der Waals surface area (Å²) in [5, 5.41) is 19.7. The number of ether oxygens (including phenoxy) is 3. The van der Waals surface area contributed by atoms with E-state index in [1.54, 1.807) is 6.92 Å². The van der Waals surface area contributed by atoms with E-state index in [1.807, 2.05) is 19.9 Å². The van der Waals surface area contributed by atoms with Crippen LogP contribution in [0.15, 0.2) is 40.4 Å². The molecule has 6 nitrogen and oxygen atoms in total. The van der Waals surface area contributed by atoms with Gasteiger partial charge < -0.3 is 24.4 Å². The summed E-state index contributed by atoms with van der Waals surface area (Å²) in [6, 6.07) is 0. The maximum absolute atomic E-state index is 9.89. The number of hydrogen-bond acceptors (Lipinski definition) is 6. The number of epoxide rings is 1. The largest absolute Gasteiger partial charge is 0.393 e. The summed E-state index contributed by atoms with van der Waals surface area (Å²) < 4.78 is 17.9. The second kappa shape index (κ2) is 7.84. The number of rotatable bonds is 6. The Kier molecular flexibility index (Phi) is 5.60. The Morgan fingerprint density at radius 1 is 1.39 bits per heavy atom. The lowest BCUT2D eigenvalue weighted by atomic mass is 9.91. The Morgan fingerprint density at radius 2 is 2.21 bits per heavy atom. The van der Waals surface area contributed by atoms with Crippen molar-refractivity contribution in [3.63, 3.8) is 0 Å². The van der Waals surface area contributed by atoms with Crippen molar-refractivity contribution in [3.05, 3.63) is 35.5 Å². The first-order chi connectivity index (χ1) is 13.4. The summed E-state index contributed by atoms with van der Waals surface area (Å²) in [6.07, 6.45) is 9.57.